The van der Waals surface area contributed by atoms with E-state index in [1.54, 1.807) is 48.5 Å². The van der Waals surface area contributed by atoms with Gasteiger partial charge in [-0.15, -0.1) is 0 Å². The number of carbonyl (C=O) groups is 2. The molecule has 3 aromatic rings. The Hall–Kier alpha value is -3.46. The highest BCUT2D eigenvalue weighted by Gasteiger charge is 2.43. The monoisotopic (exact) mass is 826 g/mol. The number of unbranched alkanes of at least 4 members (excludes halogenated alkanes) is 2. The average Bonchev–Trinajstić information content (AvgIpc) is 3.09. The van der Waals surface area contributed by atoms with Crippen LogP contribution in [0, 0.1) is 0 Å². The van der Waals surface area contributed by atoms with Crippen molar-refractivity contribution < 1.29 is 31.4 Å². The van der Waals surface area contributed by atoms with Gasteiger partial charge in [-0.05, 0) is 118 Å². The predicted octanol–water partition coefficient (Wildman–Crippen LogP) is 9.57. The van der Waals surface area contributed by atoms with E-state index in [1.165, 1.54) is 0 Å². The SMILES string of the molecule is CCCCOC(=O)c1ccc(Nc2nc(NCCC[Si](C)(O[Si](C)(C)C)O[Si](C)(C)O[Si]C(C)(C)C)nc(Nc3ccc(C(=O)OCCCC)cc3)n2)cc1. The van der Waals surface area contributed by atoms with E-state index in [2.05, 4.69) is 91.0 Å². The quantitative estimate of drug-likeness (QED) is 0.0473. The topological polar surface area (TPSA) is 155 Å². The molecule has 0 spiro atoms. The Bertz CT molecular complexity index is 1570. The standard InChI is InChI=1S/C38H62N6O7Si4/c1-12-14-26-47-33(45)29-17-21-31(22-18-29)40-36-42-35(43-37(44-36)41-32-23-19-30(20-24-32)34(46)48-27-15-13-2)39-25-16-28-55(11,50-53(6,7)8)51-54(9,10)49-52-38(3,4)5/h17-24H,12-16,25-28H2,1-11H3,(H3,39,40,41,42,43,44). The number of ether oxygens (including phenoxy) is 2. The van der Waals surface area contributed by atoms with Crippen molar-refractivity contribution in [1.82, 2.24) is 15.0 Å². The van der Waals surface area contributed by atoms with Crippen LogP contribution < -0.4 is 16.0 Å². The third-order valence-corrected chi connectivity index (χ3v) is 19.6. The molecule has 3 rings (SSSR count). The molecule has 0 bridgehead atoms. The van der Waals surface area contributed by atoms with Crippen LogP contribution in [0.25, 0.3) is 0 Å². The van der Waals surface area contributed by atoms with Crippen LogP contribution in [0.1, 0.15) is 87.4 Å². The van der Waals surface area contributed by atoms with E-state index < -0.39 is 25.4 Å². The van der Waals surface area contributed by atoms with E-state index in [9.17, 15) is 9.59 Å². The number of nitrogens with one attached hydrogen (secondary N) is 3. The summed E-state index contributed by atoms with van der Waals surface area (Å²) < 4.78 is 30.7. The molecule has 55 heavy (non-hydrogen) atoms. The molecule has 0 aliphatic carbocycles. The van der Waals surface area contributed by atoms with Crippen molar-refractivity contribution in [2.75, 3.05) is 35.7 Å². The molecule has 0 saturated carbocycles. The fourth-order valence-electron chi connectivity index (χ4n) is 5.19. The molecule has 1 unspecified atom stereocenters. The summed E-state index contributed by atoms with van der Waals surface area (Å²) in [7, 11) is -6.62. The summed E-state index contributed by atoms with van der Waals surface area (Å²) in [6, 6.07) is 14.7. The molecule has 3 N–H and O–H groups in total. The molecule has 0 fully saturated rings. The van der Waals surface area contributed by atoms with Crippen LogP contribution in [0.5, 0.6) is 0 Å². The summed E-state index contributed by atoms with van der Waals surface area (Å²) in [5.74, 6) is 0.239. The second-order valence-electron chi connectivity index (χ2n) is 16.0. The Morgan fingerprint density at radius 3 is 1.55 bits per heavy atom. The summed E-state index contributed by atoms with van der Waals surface area (Å²) in [6.45, 7) is 24.9. The Kier molecular flexibility index (Phi) is 17.7. The maximum atomic E-state index is 12.4. The second-order valence-corrected chi connectivity index (χ2v) is 30.0. The number of hydrogen-bond donors (Lipinski definition) is 3. The summed E-state index contributed by atoms with van der Waals surface area (Å²) in [5, 5.41) is 9.91. The van der Waals surface area contributed by atoms with Gasteiger partial charge in [-0.2, -0.15) is 15.0 Å². The lowest BCUT2D eigenvalue weighted by atomic mass is 10.2. The number of aromatic nitrogens is 3. The average molecular weight is 827 g/mol. The smallest absolute Gasteiger partial charge is 0.338 e. The highest BCUT2D eigenvalue weighted by atomic mass is 28.5. The van der Waals surface area contributed by atoms with Crippen LogP contribution in [0.15, 0.2) is 48.5 Å². The highest BCUT2D eigenvalue weighted by Crippen LogP contribution is 2.29. The first-order chi connectivity index (χ1) is 25.8. The van der Waals surface area contributed by atoms with Crippen LogP contribution >= 0.6 is 0 Å². The predicted molar refractivity (Wildman–Crippen MR) is 229 cm³/mol. The van der Waals surface area contributed by atoms with E-state index in [0.717, 1.165) is 38.1 Å². The summed E-state index contributed by atoms with van der Waals surface area (Å²) >= 11 is 0. The van der Waals surface area contributed by atoms with Crippen molar-refractivity contribution in [3.63, 3.8) is 0 Å². The maximum absolute atomic E-state index is 12.4. The first-order valence-corrected chi connectivity index (χ1v) is 28.9. The largest absolute Gasteiger partial charge is 0.462 e. The second kappa shape index (κ2) is 21.2. The molecular weight excluding hydrogens is 765 g/mol. The fourth-order valence-corrected chi connectivity index (χ4v) is 19.5. The summed E-state index contributed by atoms with van der Waals surface area (Å²) in [6.07, 6.45) is 4.31. The number of carbonyl (C=O) groups excluding carboxylic acids is 2. The van der Waals surface area contributed by atoms with E-state index in [-0.39, 0.29) is 17.0 Å². The van der Waals surface area contributed by atoms with Crippen LogP contribution in [-0.4, -0.2) is 81.9 Å². The minimum absolute atomic E-state index is 0.0673. The molecule has 2 radical (unpaired) electrons. The van der Waals surface area contributed by atoms with Gasteiger partial charge < -0.3 is 37.8 Å². The highest BCUT2D eigenvalue weighted by molar-refractivity contribution is 6.87. The lowest BCUT2D eigenvalue weighted by Crippen LogP contribution is -2.55. The van der Waals surface area contributed by atoms with Crippen molar-refractivity contribution >= 4 is 76.4 Å². The van der Waals surface area contributed by atoms with Gasteiger partial charge in [-0.25, -0.2) is 9.59 Å². The van der Waals surface area contributed by atoms with E-state index in [0.29, 0.717) is 69.9 Å². The van der Waals surface area contributed by atoms with Crippen molar-refractivity contribution in [2.45, 2.75) is 117 Å². The molecule has 1 heterocycles. The molecule has 13 nitrogen and oxygen atoms in total. The fraction of sp³-hybridized carbons (Fsp3) is 0.553. The van der Waals surface area contributed by atoms with E-state index in [4.69, 9.17) is 21.8 Å². The van der Waals surface area contributed by atoms with Gasteiger partial charge in [0.2, 0.25) is 27.6 Å². The molecule has 0 aliphatic rings. The van der Waals surface area contributed by atoms with E-state index in [1.807, 2.05) is 13.8 Å². The number of esters is 2. The molecular formula is C38H62N6O7Si4. The minimum atomic E-state index is -2.60. The maximum Gasteiger partial charge on any atom is 0.338 e. The number of nitrogens with zero attached hydrogens (tertiary/aromatic N) is 3. The molecule has 0 amide bonds. The van der Waals surface area contributed by atoms with E-state index >= 15 is 0 Å². The van der Waals surface area contributed by atoms with Gasteiger partial charge in [0, 0.05) is 17.9 Å². The zero-order chi connectivity index (χ0) is 40.7. The summed E-state index contributed by atoms with van der Waals surface area (Å²) in [4.78, 5) is 38.8. The first kappa shape index (κ1) is 45.9. The Morgan fingerprint density at radius 2 is 1.13 bits per heavy atom. The Balaban J connectivity index is 1.78. The van der Waals surface area contributed by atoms with Gasteiger partial charge in [-0.1, -0.05) is 47.5 Å². The van der Waals surface area contributed by atoms with Gasteiger partial charge in [0.1, 0.15) is 0 Å². The molecule has 0 aliphatic heterocycles. The van der Waals surface area contributed by atoms with Gasteiger partial charge in [0.15, 0.2) is 8.32 Å². The minimum Gasteiger partial charge on any atom is -0.462 e. The zero-order valence-corrected chi connectivity index (χ0v) is 38.7. The van der Waals surface area contributed by atoms with Gasteiger partial charge in [-0.3, -0.25) is 0 Å². The number of anilines is 5. The normalized spacial score (nSPS) is 13.1. The Morgan fingerprint density at radius 1 is 0.673 bits per heavy atom. The van der Waals surface area contributed by atoms with Crippen LogP contribution in [0.4, 0.5) is 29.2 Å². The number of benzene rings is 2. The molecule has 302 valence electrons. The van der Waals surface area contributed by atoms with Gasteiger partial charge in [0.05, 0.1) is 24.3 Å². The van der Waals surface area contributed by atoms with Crippen LogP contribution in [-0.2, 0) is 21.8 Å². The molecule has 17 heteroatoms. The first-order valence-electron chi connectivity index (χ1n) is 19.2. The summed E-state index contributed by atoms with van der Waals surface area (Å²) in [5.41, 5.74) is 2.29. The molecule has 0 saturated heterocycles. The van der Waals surface area contributed by atoms with Crippen molar-refractivity contribution in [2.24, 2.45) is 0 Å². The third-order valence-electron chi connectivity index (χ3n) is 7.53. The number of hydrogen-bond acceptors (Lipinski definition) is 13. The lowest BCUT2D eigenvalue weighted by Gasteiger charge is -2.40. The number of rotatable bonds is 23. The Labute approximate surface area is 334 Å². The van der Waals surface area contributed by atoms with Crippen LogP contribution in [0.3, 0.4) is 0 Å². The molecule has 2 aromatic carbocycles. The third kappa shape index (κ3) is 17.9. The van der Waals surface area contributed by atoms with Gasteiger partial charge in [0.25, 0.3) is 0 Å². The van der Waals surface area contributed by atoms with Crippen molar-refractivity contribution in [3.05, 3.63) is 59.7 Å². The molecule has 1 aromatic heterocycles. The van der Waals surface area contributed by atoms with Crippen molar-refractivity contribution in [1.29, 1.82) is 0 Å². The lowest BCUT2D eigenvalue weighted by molar-refractivity contribution is 0.0490. The van der Waals surface area contributed by atoms with Crippen LogP contribution in [0.2, 0.25) is 50.4 Å². The molecule has 1 atom stereocenters. The van der Waals surface area contributed by atoms with Crippen molar-refractivity contribution in [3.8, 4) is 0 Å². The van der Waals surface area contributed by atoms with Gasteiger partial charge >= 0.3 is 29.1 Å². The zero-order valence-electron chi connectivity index (χ0n) is 34.7.